The van der Waals surface area contributed by atoms with Crippen LogP contribution >= 0.6 is 11.8 Å². The summed E-state index contributed by atoms with van der Waals surface area (Å²) in [7, 11) is 0. The molecule has 1 saturated carbocycles. The van der Waals surface area contributed by atoms with E-state index in [0.29, 0.717) is 0 Å². The summed E-state index contributed by atoms with van der Waals surface area (Å²) in [5, 5.41) is 0.824. The predicted molar refractivity (Wildman–Crippen MR) is 71.8 cm³/mol. The molecule has 0 spiro atoms. The van der Waals surface area contributed by atoms with E-state index in [9.17, 15) is 0 Å². The van der Waals surface area contributed by atoms with Gasteiger partial charge in [0.05, 0.1) is 0 Å². The third-order valence-corrected chi connectivity index (χ3v) is 4.78. The highest BCUT2D eigenvalue weighted by molar-refractivity contribution is 8.00. The fourth-order valence-corrected chi connectivity index (χ4v) is 3.74. The van der Waals surface area contributed by atoms with Crippen molar-refractivity contribution in [3.63, 3.8) is 0 Å². The molecule has 16 heavy (non-hydrogen) atoms. The molecule has 0 radical (unpaired) electrons. The van der Waals surface area contributed by atoms with E-state index >= 15 is 0 Å². The van der Waals surface area contributed by atoms with Crippen molar-refractivity contribution in [3.8, 4) is 0 Å². The average Bonchev–Trinajstić information content (AvgIpc) is 2.82. The molecular formula is C14H21NS. The second-order valence-corrected chi connectivity index (χ2v) is 5.92. The van der Waals surface area contributed by atoms with Crippen molar-refractivity contribution in [1.29, 1.82) is 0 Å². The minimum Gasteiger partial charge on any atom is -0.324 e. The van der Waals surface area contributed by atoms with Gasteiger partial charge in [-0.15, -0.1) is 11.8 Å². The van der Waals surface area contributed by atoms with Gasteiger partial charge in [0.15, 0.2) is 0 Å². The van der Waals surface area contributed by atoms with Crippen LogP contribution in [-0.4, -0.2) is 5.25 Å². The lowest BCUT2D eigenvalue weighted by Crippen LogP contribution is -2.10. The molecule has 0 amide bonds. The summed E-state index contributed by atoms with van der Waals surface area (Å²) in [6, 6.07) is 8.84. The highest BCUT2D eigenvalue weighted by Gasteiger charge is 2.18. The molecule has 0 heterocycles. The Labute approximate surface area is 103 Å². The van der Waals surface area contributed by atoms with E-state index in [1.165, 1.54) is 36.1 Å². The Morgan fingerprint density at radius 3 is 2.69 bits per heavy atom. The molecule has 1 aliphatic rings. The Morgan fingerprint density at radius 1 is 1.31 bits per heavy atom. The lowest BCUT2D eigenvalue weighted by Gasteiger charge is -2.16. The van der Waals surface area contributed by atoms with E-state index in [2.05, 4.69) is 31.2 Å². The van der Waals surface area contributed by atoms with Crippen molar-refractivity contribution < 1.29 is 0 Å². The summed E-state index contributed by atoms with van der Waals surface area (Å²) < 4.78 is 0. The van der Waals surface area contributed by atoms with Crippen molar-refractivity contribution in [3.05, 3.63) is 29.8 Å². The largest absolute Gasteiger partial charge is 0.324 e. The van der Waals surface area contributed by atoms with Crippen molar-refractivity contribution in [2.24, 2.45) is 5.73 Å². The molecule has 0 bridgehead atoms. The number of hydrogen-bond acceptors (Lipinski definition) is 2. The molecule has 1 aliphatic carbocycles. The monoisotopic (exact) mass is 235 g/mol. The Balaban J connectivity index is 2.12. The number of nitrogens with two attached hydrogens (primary N) is 1. The summed E-state index contributed by atoms with van der Waals surface area (Å²) in [4.78, 5) is 1.41. The van der Waals surface area contributed by atoms with E-state index in [0.717, 1.165) is 11.7 Å². The molecule has 1 aromatic rings. The molecule has 0 aliphatic heterocycles. The molecule has 1 atom stereocenters. The van der Waals surface area contributed by atoms with Crippen molar-refractivity contribution in [2.45, 2.75) is 55.2 Å². The van der Waals surface area contributed by atoms with Gasteiger partial charge >= 0.3 is 0 Å². The van der Waals surface area contributed by atoms with E-state index in [-0.39, 0.29) is 6.04 Å². The van der Waals surface area contributed by atoms with Gasteiger partial charge in [-0.3, -0.25) is 0 Å². The zero-order valence-corrected chi connectivity index (χ0v) is 10.8. The van der Waals surface area contributed by atoms with E-state index < -0.39 is 0 Å². The van der Waals surface area contributed by atoms with Crippen LogP contribution in [0.3, 0.4) is 0 Å². The summed E-state index contributed by atoms with van der Waals surface area (Å²) in [5.41, 5.74) is 7.49. The van der Waals surface area contributed by atoms with Crippen molar-refractivity contribution in [2.75, 3.05) is 0 Å². The van der Waals surface area contributed by atoms with Crippen LogP contribution in [0.1, 0.15) is 50.6 Å². The molecule has 2 N–H and O–H groups in total. The minimum absolute atomic E-state index is 0.199. The second-order valence-electron chi connectivity index (χ2n) is 4.58. The first-order valence-electron chi connectivity index (χ1n) is 6.32. The first-order valence-corrected chi connectivity index (χ1v) is 7.20. The smallest absolute Gasteiger partial charge is 0.0303 e. The number of rotatable bonds is 4. The molecular weight excluding hydrogens is 214 g/mol. The molecule has 0 unspecified atom stereocenters. The quantitative estimate of drug-likeness (QED) is 0.849. The summed E-state index contributed by atoms with van der Waals surface area (Å²) in [6.07, 6.45) is 6.57. The van der Waals surface area contributed by atoms with Crippen LogP contribution < -0.4 is 5.73 Å². The van der Waals surface area contributed by atoms with Crippen LogP contribution in [-0.2, 0) is 0 Å². The number of thioether (sulfide) groups is 1. The molecule has 0 saturated heterocycles. The van der Waals surface area contributed by atoms with Gasteiger partial charge in [0.25, 0.3) is 0 Å². The molecule has 0 aromatic heterocycles. The van der Waals surface area contributed by atoms with Crippen molar-refractivity contribution >= 4 is 11.8 Å². The number of benzene rings is 1. The third kappa shape index (κ3) is 2.80. The Bertz CT molecular complexity index is 331. The van der Waals surface area contributed by atoms with Gasteiger partial charge in [0.2, 0.25) is 0 Å². The first-order chi connectivity index (χ1) is 7.81. The maximum atomic E-state index is 6.16. The maximum absolute atomic E-state index is 6.16. The lowest BCUT2D eigenvalue weighted by atomic mass is 10.1. The zero-order chi connectivity index (χ0) is 11.4. The fraction of sp³-hybridized carbons (Fsp3) is 0.571. The van der Waals surface area contributed by atoms with Gasteiger partial charge in [-0.2, -0.15) is 0 Å². The molecule has 1 aromatic carbocycles. The summed E-state index contributed by atoms with van der Waals surface area (Å²) >= 11 is 2.04. The van der Waals surface area contributed by atoms with Crippen LogP contribution in [0.15, 0.2) is 29.2 Å². The van der Waals surface area contributed by atoms with Crippen LogP contribution in [0.4, 0.5) is 0 Å². The normalized spacial score (nSPS) is 18.9. The van der Waals surface area contributed by atoms with Crippen LogP contribution in [0.5, 0.6) is 0 Å². The third-order valence-electron chi connectivity index (χ3n) is 3.35. The minimum atomic E-state index is 0.199. The summed E-state index contributed by atoms with van der Waals surface area (Å²) in [5.74, 6) is 0. The van der Waals surface area contributed by atoms with Crippen LogP contribution in [0.25, 0.3) is 0 Å². The van der Waals surface area contributed by atoms with Gasteiger partial charge < -0.3 is 5.73 Å². The molecule has 2 rings (SSSR count). The fourth-order valence-electron chi connectivity index (χ4n) is 2.30. The first kappa shape index (κ1) is 12.0. The average molecular weight is 235 g/mol. The molecule has 1 fully saturated rings. The van der Waals surface area contributed by atoms with Gasteiger partial charge in [-0.1, -0.05) is 38.0 Å². The Morgan fingerprint density at radius 2 is 2.00 bits per heavy atom. The topological polar surface area (TPSA) is 26.0 Å². The molecule has 1 nitrogen and oxygen atoms in total. The lowest BCUT2D eigenvalue weighted by molar-refractivity contribution is 0.685. The Kier molecular flexibility index (Phi) is 4.30. The van der Waals surface area contributed by atoms with Crippen molar-refractivity contribution in [1.82, 2.24) is 0 Å². The highest BCUT2D eigenvalue weighted by Crippen LogP contribution is 2.37. The predicted octanol–water partition coefficient (Wildman–Crippen LogP) is 4.13. The van der Waals surface area contributed by atoms with Gasteiger partial charge in [-0.05, 0) is 30.9 Å². The van der Waals surface area contributed by atoms with E-state index in [4.69, 9.17) is 5.73 Å². The summed E-state index contributed by atoms with van der Waals surface area (Å²) in [6.45, 7) is 2.15. The maximum Gasteiger partial charge on any atom is 0.0303 e. The SMILES string of the molecule is CC[C@@H](N)c1ccccc1SC1CCCC1. The van der Waals surface area contributed by atoms with Crippen LogP contribution in [0, 0.1) is 0 Å². The zero-order valence-electron chi connectivity index (χ0n) is 9.99. The molecule has 88 valence electrons. The molecule has 2 heteroatoms. The van der Waals surface area contributed by atoms with Crippen LogP contribution in [0.2, 0.25) is 0 Å². The second kappa shape index (κ2) is 5.74. The van der Waals surface area contributed by atoms with Gasteiger partial charge in [0, 0.05) is 16.2 Å². The van der Waals surface area contributed by atoms with E-state index in [1.54, 1.807) is 0 Å². The highest BCUT2D eigenvalue weighted by atomic mass is 32.2. The van der Waals surface area contributed by atoms with Gasteiger partial charge in [-0.25, -0.2) is 0 Å². The number of hydrogen-bond donors (Lipinski definition) is 1. The van der Waals surface area contributed by atoms with E-state index in [1.807, 2.05) is 11.8 Å². The Hall–Kier alpha value is -0.470. The standard InChI is InChI=1S/C14H21NS/c1-2-13(15)12-9-5-6-10-14(12)16-11-7-3-4-8-11/h5-6,9-11,13H,2-4,7-8,15H2,1H3/t13-/m1/s1. The van der Waals surface area contributed by atoms with Gasteiger partial charge in [0.1, 0.15) is 0 Å².